The minimum Gasteiger partial charge on any atom is -0.389 e. The molecule has 0 fully saturated rings. The Bertz CT molecular complexity index is 194. The molecule has 6 nitrogen and oxygen atoms in total. The van der Waals surface area contributed by atoms with Crippen molar-refractivity contribution >= 4 is 5.97 Å². The first-order chi connectivity index (χ1) is 4.29. The second kappa shape index (κ2) is 2.21. The van der Waals surface area contributed by atoms with Crippen LogP contribution in [0.1, 0.15) is 6.92 Å². The lowest BCUT2D eigenvalue weighted by Crippen LogP contribution is -2.02. The Labute approximate surface area is 50.2 Å². The van der Waals surface area contributed by atoms with E-state index in [0.717, 1.165) is 0 Å². The van der Waals surface area contributed by atoms with Gasteiger partial charge in [-0.3, -0.25) is 4.79 Å². The van der Waals surface area contributed by atoms with Crippen molar-refractivity contribution < 1.29 is 9.53 Å². The van der Waals surface area contributed by atoms with Crippen LogP contribution in [0.15, 0.2) is 0 Å². The molecular formula is C3H4N4O2. The van der Waals surface area contributed by atoms with Crippen molar-refractivity contribution in [1.29, 1.82) is 0 Å². The molecule has 0 saturated heterocycles. The highest BCUT2D eigenvalue weighted by Crippen LogP contribution is 1.92. The lowest BCUT2D eigenvalue weighted by molar-refractivity contribution is -0.132. The van der Waals surface area contributed by atoms with Crippen molar-refractivity contribution in [3.8, 4) is 6.01 Å². The fraction of sp³-hybridized carbons (Fsp3) is 0.333. The van der Waals surface area contributed by atoms with Gasteiger partial charge in [-0.25, -0.2) is 0 Å². The molecule has 0 aliphatic carbocycles. The van der Waals surface area contributed by atoms with E-state index in [1.54, 1.807) is 0 Å². The number of nitrogens with zero attached hydrogens (tertiary/aromatic N) is 3. The van der Waals surface area contributed by atoms with Crippen LogP contribution in [0.4, 0.5) is 0 Å². The lowest BCUT2D eigenvalue weighted by Gasteiger charge is -1.87. The number of aromatic amines is 1. The zero-order valence-electron chi connectivity index (χ0n) is 4.66. The molecule has 0 aliphatic rings. The van der Waals surface area contributed by atoms with E-state index in [1.165, 1.54) is 6.92 Å². The summed E-state index contributed by atoms with van der Waals surface area (Å²) in [5.41, 5.74) is 0. The van der Waals surface area contributed by atoms with Crippen LogP contribution >= 0.6 is 0 Å². The summed E-state index contributed by atoms with van der Waals surface area (Å²) in [4.78, 5) is 10.2. The number of ether oxygens (including phenoxy) is 1. The molecular weight excluding hydrogens is 124 g/mol. The van der Waals surface area contributed by atoms with Crippen LogP contribution in [0, 0.1) is 0 Å². The molecule has 0 aromatic carbocycles. The second-order valence-electron chi connectivity index (χ2n) is 1.29. The Morgan fingerprint density at radius 3 is 3.00 bits per heavy atom. The Hall–Kier alpha value is -1.46. The third-order valence-electron chi connectivity index (χ3n) is 0.561. The first-order valence-corrected chi connectivity index (χ1v) is 2.21. The smallest absolute Gasteiger partial charge is 0.363 e. The average molecular weight is 128 g/mol. The van der Waals surface area contributed by atoms with Gasteiger partial charge in [0.25, 0.3) is 0 Å². The monoisotopic (exact) mass is 128 g/mol. The molecule has 0 atom stereocenters. The first kappa shape index (κ1) is 5.67. The van der Waals surface area contributed by atoms with E-state index in [0.29, 0.717) is 0 Å². The number of tetrazole rings is 1. The fourth-order valence-electron chi connectivity index (χ4n) is 0.324. The van der Waals surface area contributed by atoms with Gasteiger partial charge in [-0.15, -0.1) is 0 Å². The molecule has 0 radical (unpaired) electrons. The molecule has 1 aromatic rings. The molecule has 0 unspecified atom stereocenters. The number of nitrogens with one attached hydrogen (secondary N) is 1. The van der Waals surface area contributed by atoms with Gasteiger partial charge in [0.15, 0.2) is 0 Å². The Morgan fingerprint density at radius 1 is 1.78 bits per heavy atom. The van der Waals surface area contributed by atoms with Crippen LogP contribution in [-0.2, 0) is 4.79 Å². The molecule has 0 aliphatic heterocycles. The third-order valence-corrected chi connectivity index (χ3v) is 0.561. The summed E-state index contributed by atoms with van der Waals surface area (Å²) < 4.78 is 4.40. The molecule has 1 rings (SSSR count). The maximum Gasteiger partial charge on any atom is 0.363 e. The van der Waals surface area contributed by atoms with Gasteiger partial charge in [-0.2, -0.15) is 5.21 Å². The fourth-order valence-corrected chi connectivity index (χ4v) is 0.324. The molecule has 1 N–H and O–H groups in total. The summed E-state index contributed by atoms with van der Waals surface area (Å²) in [6, 6.07) is -0.0532. The molecule has 9 heavy (non-hydrogen) atoms. The van der Waals surface area contributed by atoms with E-state index in [-0.39, 0.29) is 6.01 Å². The Kier molecular flexibility index (Phi) is 1.39. The number of aromatic nitrogens is 4. The number of hydrogen-bond acceptors (Lipinski definition) is 5. The van der Waals surface area contributed by atoms with E-state index in [1.807, 2.05) is 0 Å². The summed E-state index contributed by atoms with van der Waals surface area (Å²) in [6.07, 6.45) is 0. The van der Waals surface area contributed by atoms with Crippen molar-refractivity contribution in [2.75, 3.05) is 0 Å². The van der Waals surface area contributed by atoms with Crippen LogP contribution in [0.25, 0.3) is 0 Å². The predicted molar refractivity (Wildman–Crippen MR) is 25.5 cm³/mol. The van der Waals surface area contributed by atoms with Gasteiger partial charge in [-0.1, -0.05) is 10.2 Å². The van der Waals surface area contributed by atoms with Crippen LogP contribution in [0.2, 0.25) is 0 Å². The van der Waals surface area contributed by atoms with Crippen molar-refractivity contribution in [3.63, 3.8) is 0 Å². The first-order valence-electron chi connectivity index (χ1n) is 2.21. The van der Waals surface area contributed by atoms with Crippen LogP contribution < -0.4 is 4.74 Å². The highest BCUT2D eigenvalue weighted by atomic mass is 16.5. The van der Waals surface area contributed by atoms with Crippen LogP contribution in [-0.4, -0.2) is 26.6 Å². The summed E-state index contributed by atoms with van der Waals surface area (Å²) in [5, 5.41) is 12.0. The summed E-state index contributed by atoms with van der Waals surface area (Å²) in [6.45, 7) is 1.26. The third kappa shape index (κ3) is 1.48. The molecule has 1 aromatic heterocycles. The predicted octanol–water partition coefficient (Wildman–Crippen LogP) is -0.875. The number of rotatable bonds is 1. The minimum atomic E-state index is -0.462. The number of hydrogen-bond donors (Lipinski definition) is 1. The second-order valence-corrected chi connectivity index (χ2v) is 1.29. The number of carbonyl (C=O) groups excluding carboxylic acids is 1. The molecule has 0 spiro atoms. The van der Waals surface area contributed by atoms with E-state index >= 15 is 0 Å². The molecule has 1 heterocycles. The topological polar surface area (TPSA) is 80.8 Å². The van der Waals surface area contributed by atoms with Gasteiger partial charge in [0.2, 0.25) is 0 Å². The van der Waals surface area contributed by atoms with Crippen LogP contribution in [0.5, 0.6) is 6.01 Å². The number of esters is 1. The maximum atomic E-state index is 10.2. The van der Waals surface area contributed by atoms with Gasteiger partial charge >= 0.3 is 12.0 Å². The van der Waals surface area contributed by atoms with E-state index in [2.05, 4.69) is 25.4 Å². The zero-order chi connectivity index (χ0) is 6.69. The normalized spacial score (nSPS) is 9.00. The van der Waals surface area contributed by atoms with Crippen molar-refractivity contribution in [1.82, 2.24) is 20.6 Å². The molecule has 0 saturated carbocycles. The minimum absolute atomic E-state index is 0.0532. The average Bonchev–Trinajstić information content (AvgIpc) is 2.15. The van der Waals surface area contributed by atoms with E-state index in [9.17, 15) is 4.79 Å². The van der Waals surface area contributed by atoms with Gasteiger partial charge in [0, 0.05) is 6.92 Å². The molecule has 6 heteroatoms. The largest absolute Gasteiger partial charge is 0.389 e. The summed E-state index contributed by atoms with van der Waals surface area (Å²) >= 11 is 0. The number of H-pyrrole nitrogens is 1. The quantitative estimate of drug-likeness (QED) is 0.497. The Morgan fingerprint density at radius 2 is 2.56 bits per heavy atom. The standard InChI is InChI=1S/C3H4N4O2/c1-2(8)9-3-4-6-7-5-3/h1H3,(H,4,5,6,7). The highest BCUT2D eigenvalue weighted by Gasteiger charge is 1.99. The van der Waals surface area contributed by atoms with Gasteiger partial charge < -0.3 is 4.74 Å². The van der Waals surface area contributed by atoms with Crippen molar-refractivity contribution in [2.24, 2.45) is 0 Å². The molecule has 48 valence electrons. The summed E-state index contributed by atoms with van der Waals surface area (Å²) in [7, 11) is 0. The zero-order valence-corrected chi connectivity index (χ0v) is 4.66. The summed E-state index contributed by atoms with van der Waals surface area (Å²) in [5.74, 6) is -0.462. The lowest BCUT2D eigenvalue weighted by atomic mass is 10.8. The van der Waals surface area contributed by atoms with Crippen molar-refractivity contribution in [2.45, 2.75) is 6.92 Å². The molecule has 0 amide bonds. The highest BCUT2D eigenvalue weighted by molar-refractivity contribution is 5.68. The van der Waals surface area contributed by atoms with Crippen LogP contribution in [0.3, 0.4) is 0 Å². The van der Waals surface area contributed by atoms with E-state index < -0.39 is 5.97 Å². The van der Waals surface area contributed by atoms with E-state index in [4.69, 9.17) is 0 Å². The van der Waals surface area contributed by atoms with Crippen molar-refractivity contribution in [3.05, 3.63) is 0 Å². The Balaban J connectivity index is 2.58. The van der Waals surface area contributed by atoms with Gasteiger partial charge in [0.1, 0.15) is 0 Å². The van der Waals surface area contributed by atoms with Gasteiger partial charge in [0.05, 0.1) is 0 Å². The number of carbonyl (C=O) groups is 1. The molecule has 0 bridgehead atoms. The van der Waals surface area contributed by atoms with Gasteiger partial charge in [-0.05, 0) is 5.21 Å². The maximum absolute atomic E-state index is 10.2. The SMILES string of the molecule is CC(=O)Oc1nn[nH]n1.